The monoisotopic (exact) mass is 374 g/mol. The van der Waals surface area contributed by atoms with Gasteiger partial charge in [-0.1, -0.05) is 55.8 Å². The number of nitrogens with zero attached hydrogens (tertiary/aromatic N) is 1. The molecule has 150 valence electrons. The van der Waals surface area contributed by atoms with Gasteiger partial charge in [-0.05, 0) is 18.4 Å². The predicted molar refractivity (Wildman–Crippen MR) is 111 cm³/mol. The summed E-state index contributed by atoms with van der Waals surface area (Å²) in [5.74, 6) is -0.304. The molecular formula is C22H34N2O3. The van der Waals surface area contributed by atoms with Crippen molar-refractivity contribution in [2.75, 3.05) is 26.7 Å². The molecule has 0 saturated carbocycles. The fourth-order valence-electron chi connectivity index (χ4n) is 3.17. The lowest BCUT2D eigenvalue weighted by Crippen LogP contribution is -2.53. The van der Waals surface area contributed by atoms with E-state index in [1.165, 1.54) is 7.11 Å². The van der Waals surface area contributed by atoms with Crippen molar-refractivity contribution >= 4 is 5.97 Å². The van der Waals surface area contributed by atoms with Crippen molar-refractivity contribution in [3.63, 3.8) is 0 Å². The van der Waals surface area contributed by atoms with Crippen LogP contribution in [0, 0.1) is 0 Å². The first kappa shape index (κ1) is 23.1. The fraction of sp³-hybridized carbons (Fsp3) is 0.500. The maximum atomic E-state index is 12.3. The number of methoxy groups -OCH3 is 1. The Kier molecular flexibility index (Phi) is 11.3. The summed E-state index contributed by atoms with van der Waals surface area (Å²) in [6.45, 7) is 11.4. The lowest BCUT2D eigenvalue weighted by Gasteiger charge is -2.34. The van der Waals surface area contributed by atoms with Crippen molar-refractivity contribution in [3.8, 4) is 0 Å². The number of rotatable bonds is 14. The maximum Gasteiger partial charge on any atom is 0.323 e. The number of ether oxygens (including phenoxy) is 1. The number of esters is 1. The van der Waals surface area contributed by atoms with Crippen LogP contribution in [-0.4, -0.2) is 60.9 Å². The van der Waals surface area contributed by atoms with E-state index in [-0.39, 0.29) is 12.0 Å². The van der Waals surface area contributed by atoms with Crippen LogP contribution in [-0.2, 0) is 16.0 Å². The third kappa shape index (κ3) is 8.08. The largest absolute Gasteiger partial charge is 0.468 e. The first-order valence-electron chi connectivity index (χ1n) is 9.56. The lowest BCUT2D eigenvalue weighted by atomic mass is 10.0. The second-order valence-corrected chi connectivity index (χ2v) is 6.63. The summed E-state index contributed by atoms with van der Waals surface area (Å²) in [6.07, 6.45) is 5.25. The van der Waals surface area contributed by atoms with E-state index < -0.39 is 12.1 Å². The van der Waals surface area contributed by atoms with Gasteiger partial charge in [-0.15, -0.1) is 13.2 Å². The van der Waals surface area contributed by atoms with Crippen LogP contribution in [0.1, 0.15) is 25.3 Å². The summed E-state index contributed by atoms with van der Waals surface area (Å²) in [7, 11) is 1.40. The topological polar surface area (TPSA) is 61.8 Å². The summed E-state index contributed by atoms with van der Waals surface area (Å²) < 4.78 is 4.97. The van der Waals surface area contributed by atoms with Gasteiger partial charge in [0.2, 0.25) is 0 Å². The minimum atomic E-state index is -0.502. The quantitative estimate of drug-likeness (QED) is 0.387. The molecule has 0 bridgehead atoms. The van der Waals surface area contributed by atoms with E-state index in [4.69, 9.17) is 4.74 Å². The van der Waals surface area contributed by atoms with Gasteiger partial charge in [-0.2, -0.15) is 0 Å². The van der Waals surface area contributed by atoms with Crippen molar-refractivity contribution in [2.24, 2.45) is 0 Å². The molecule has 2 N–H and O–H groups in total. The molecular weight excluding hydrogens is 340 g/mol. The van der Waals surface area contributed by atoms with E-state index in [1.807, 2.05) is 49.4 Å². The van der Waals surface area contributed by atoms with Gasteiger partial charge in [-0.3, -0.25) is 9.69 Å². The van der Waals surface area contributed by atoms with Crippen LogP contribution >= 0.6 is 0 Å². The molecule has 0 heterocycles. The molecule has 0 spiro atoms. The molecule has 0 fully saturated rings. The van der Waals surface area contributed by atoms with Crippen LogP contribution in [0.4, 0.5) is 0 Å². The molecule has 0 saturated heterocycles. The van der Waals surface area contributed by atoms with Crippen molar-refractivity contribution in [2.45, 2.75) is 44.4 Å². The van der Waals surface area contributed by atoms with E-state index in [2.05, 4.69) is 23.4 Å². The zero-order chi connectivity index (χ0) is 20.1. The summed E-state index contributed by atoms with van der Waals surface area (Å²) in [5.41, 5.74) is 1.06. The van der Waals surface area contributed by atoms with Crippen LogP contribution in [0.5, 0.6) is 0 Å². The first-order chi connectivity index (χ1) is 13.1. The summed E-state index contributed by atoms with van der Waals surface area (Å²) in [6, 6.07) is 9.21. The van der Waals surface area contributed by atoms with Crippen molar-refractivity contribution in [1.82, 2.24) is 10.2 Å². The van der Waals surface area contributed by atoms with Crippen LogP contribution < -0.4 is 5.32 Å². The Morgan fingerprint density at radius 3 is 2.41 bits per heavy atom. The van der Waals surface area contributed by atoms with Crippen LogP contribution in [0.15, 0.2) is 55.6 Å². The number of hydrogen-bond acceptors (Lipinski definition) is 5. The third-order valence-electron chi connectivity index (χ3n) is 4.57. The smallest absolute Gasteiger partial charge is 0.323 e. The van der Waals surface area contributed by atoms with Gasteiger partial charge in [0.15, 0.2) is 0 Å². The zero-order valence-corrected chi connectivity index (χ0v) is 16.6. The van der Waals surface area contributed by atoms with Gasteiger partial charge in [0.1, 0.15) is 6.04 Å². The molecule has 0 aliphatic heterocycles. The maximum absolute atomic E-state index is 12.3. The Balaban J connectivity index is 2.89. The predicted octanol–water partition coefficient (Wildman–Crippen LogP) is 2.56. The SMILES string of the molecule is C=CCN(CC=C)[C@H](CN[C@@H](Cc1ccccc1)C(=O)OC)[C@@H](O)CCC. The second-order valence-electron chi connectivity index (χ2n) is 6.63. The van der Waals surface area contributed by atoms with Gasteiger partial charge in [0.05, 0.1) is 13.2 Å². The summed E-state index contributed by atoms with van der Waals surface area (Å²) in [4.78, 5) is 14.4. The molecule has 0 aliphatic rings. The average Bonchev–Trinajstić information content (AvgIpc) is 2.68. The lowest BCUT2D eigenvalue weighted by molar-refractivity contribution is -0.143. The van der Waals surface area contributed by atoms with Gasteiger partial charge < -0.3 is 15.2 Å². The number of aliphatic hydroxyl groups is 1. The van der Waals surface area contributed by atoms with E-state index in [9.17, 15) is 9.90 Å². The Morgan fingerprint density at radius 2 is 1.89 bits per heavy atom. The van der Waals surface area contributed by atoms with Gasteiger partial charge in [0, 0.05) is 25.7 Å². The highest BCUT2D eigenvalue weighted by Crippen LogP contribution is 2.12. The summed E-state index contributed by atoms with van der Waals surface area (Å²) >= 11 is 0. The highest BCUT2D eigenvalue weighted by molar-refractivity contribution is 5.76. The number of aliphatic hydroxyl groups excluding tert-OH is 1. The standard InChI is InChI=1S/C22H34N2O3/c1-5-11-21(25)20(24(14-6-2)15-7-3)17-23-19(22(26)27-4)16-18-12-9-8-10-13-18/h6-10,12-13,19-21,23,25H,2-3,5,11,14-17H2,1,4H3/t19-,20+,21-/m0/s1. The molecule has 5 nitrogen and oxygen atoms in total. The highest BCUT2D eigenvalue weighted by atomic mass is 16.5. The molecule has 3 atom stereocenters. The Labute approximate surface area is 163 Å². The molecule has 27 heavy (non-hydrogen) atoms. The van der Waals surface area contributed by atoms with Gasteiger partial charge in [0.25, 0.3) is 0 Å². The van der Waals surface area contributed by atoms with Crippen LogP contribution in [0.2, 0.25) is 0 Å². The average molecular weight is 375 g/mol. The van der Waals surface area contributed by atoms with Crippen LogP contribution in [0.3, 0.4) is 0 Å². The van der Waals surface area contributed by atoms with Crippen LogP contribution in [0.25, 0.3) is 0 Å². The third-order valence-corrected chi connectivity index (χ3v) is 4.57. The number of carbonyl (C=O) groups excluding carboxylic acids is 1. The molecule has 0 aliphatic carbocycles. The normalized spacial score (nSPS) is 14.4. The van der Waals surface area contributed by atoms with E-state index >= 15 is 0 Å². The first-order valence-corrected chi connectivity index (χ1v) is 9.56. The van der Waals surface area contributed by atoms with Crippen molar-refractivity contribution < 1.29 is 14.6 Å². The highest BCUT2D eigenvalue weighted by Gasteiger charge is 2.27. The van der Waals surface area contributed by atoms with Gasteiger partial charge >= 0.3 is 5.97 Å². The second kappa shape index (κ2) is 13.3. The molecule has 0 aromatic heterocycles. The van der Waals surface area contributed by atoms with Gasteiger partial charge in [-0.25, -0.2) is 0 Å². The number of nitrogens with one attached hydrogen (secondary N) is 1. The minimum absolute atomic E-state index is 0.149. The molecule has 5 heteroatoms. The fourth-order valence-corrected chi connectivity index (χ4v) is 3.17. The summed E-state index contributed by atoms with van der Waals surface area (Å²) in [5, 5.41) is 14.0. The molecule has 0 amide bonds. The Bertz CT molecular complexity index is 552. The number of benzene rings is 1. The minimum Gasteiger partial charge on any atom is -0.468 e. The van der Waals surface area contributed by atoms with Crippen molar-refractivity contribution in [1.29, 1.82) is 0 Å². The van der Waals surface area contributed by atoms with Crippen molar-refractivity contribution in [3.05, 3.63) is 61.2 Å². The number of carbonyl (C=O) groups is 1. The molecule has 0 unspecified atom stereocenters. The molecule has 1 rings (SSSR count). The van der Waals surface area contributed by atoms with E-state index in [0.29, 0.717) is 32.5 Å². The molecule has 0 radical (unpaired) electrons. The Hall–Kier alpha value is -1.95. The Morgan fingerprint density at radius 1 is 1.26 bits per heavy atom. The zero-order valence-electron chi connectivity index (χ0n) is 16.6. The van der Waals surface area contributed by atoms with E-state index in [0.717, 1.165) is 12.0 Å². The molecule has 1 aromatic carbocycles. The molecule has 1 aromatic rings. The number of hydrogen-bond donors (Lipinski definition) is 2. The van der Waals surface area contributed by atoms with E-state index in [1.54, 1.807) is 0 Å².